The van der Waals surface area contributed by atoms with Crippen molar-refractivity contribution in [1.82, 2.24) is 19.7 Å². The van der Waals surface area contributed by atoms with E-state index in [1.807, 2.05) is 37.3 Å². The van der Waals surface area contributed by atoms with Crippen LogP contribution in [0.2, 0.25) is 0 Å². The lowest BCUT2D eigenvalue weighted by atomic mass is 10.1. The molecule has 1 atom stereocenters. The quantitative estimate of drug-likeness (QED) is 0.775. The molecule has 1 aromatic carbocycles. The highest BCUT2D eigenvalue weighted by molar-refractivity contribution is 5.76. The first-order valence-electron chi connectivity index (χ1n) is 6.12. The molecule has 19 heavy (non-hydrogen) atoms. The smallest absolute Gasteiger partial charge is 0.161 e. The van der Waals surface area contributed by atoms with Crippen LogP contribution in [0.5, 0.6) is 0 Å². The third kappa shape index (κ3) is 2.20. The topological polar surface area (TPSA) is 63.8 Å². The average Bonchev–Trinajstić information content (AvgIpc) is 2.84. The molecule has 2 aromatic heterocycles. The minimum atomic E-state index is -0.598. The predicted molar refractivity (Wildman–Crippen MR) is 71.5 cm³/mol. The predicted octanol–water partition coefficient (Wildman–Crippen LogP) is 1.87. The van der Waals surface area contributed by atoms with E-state index in [1.54, 1.807) is 10.9 Å². The second kappa shape index (κ2) is 4.78. The highest BCUT2D eigenvalue weighted by atomic mass is 16.3. The van der Waals surface area contributed by atoms with Crippen LogP contribution in [0.1, 0.15) is 17.4 Å². The van der Waals surface area contributed by atoms with Gasteiger partial charge >= 0.3 is 0 Å². The van der Waals surface area contributed by atoms with E-state index in [1.165, 1.54) is 6.33 Å². The lowest BCUT2D eigenvalue weighted by Crippen LogP contribution is -2.10. The number of hydrogen-bond acceptors (Lipinski definition) is 4. The van der Waals surface area contributed by atoms with Crippen molar-refractivity contribution in [3.05, 3.63) is 54.1 Å². The summed E-state index contributed by atoms with van der Waals surface area (Å²) in [5, 5.41) is 15.4. The standard InChI is InChI=1S/C14H14N4O/c1-10-12-7-17-18(14(12)16-9-15-10)8-13(19)11-5-3-2-4-6-11/h2-7,9,13,19H,8H2,1H3. The Morgan fingerprint density at radius 1 is 1.21 bits per heavy atom. The van der Waals surface area contributed by atoms with Gasteiger partial charge < -0.3 is 5.11 Å². The van der Waals surface area contributed by atoms with E-state index in [0.717, 1.165) is 22.3 Å². The Morgan fingerprint density at radius 3 is 2.79 bits per heavy atom. The zero-order valence-electron chi connectivity index (χ0n) is 10.6. The van der Waals surface area contributed by atoms with Crippen molar-refractivity contribution in [1.29, 1.82) is 0 Å². The Labute approximate surface area is 110 Å². The molecule has 3 rings (SSSR count). The van der Waals surface area contributed by atoms with Gasteiger partial charge in [-0.1, -0.05) is 30.3 Å². The summed E-state index contributed by atoms with van der Waals surface area (Å²) in [6.07, 6.45) is 2.66. The second-order valence-corrected chi connectivity index (χ2v) is 4.45. The summed E-state index contributed by atoms with van der Waals surface area (Å²) in [4.78, 5) is 8.36. The molecule has 1 N–H and O–H groups in total. The molecule has 0 aliphatic heterocycles. The molecule has 5 heteroatoms. The van der Waals surface area contributed by atoms with Crippen LogP contribution in [0.15, 0.2) is 42.9 Å². The highest BCUT2D eigenvalue weighted by Crippen LogP contribution is 2.18. The zero-order valence-corrected chi connectivity index (χ0v) is 10.6. The lowest BCUT2D eigenvalue weighted by Gasteiger charge is -2.11. The van der Waals surface area contributed by atoms with Gasteiger partial charge in [0.05, 0.1) is 29.9 Å². The van der Waals surface area contributed by atoms with Gasteiger partial charge in [-0.3, -0.25) is 0 Å². The highest BCUT2D eigenvalue weighted by Gasteiger charge is 2.12. The number of fused-ring (bicyclic) bond motifs is 1. The first-order valence-corrected chi connectivity index (χ1v) is 6.12. The van der Waals surface area contributed by atoms with E-state index >= 15 is 0 Å². The molecule has 0 aliphatic rings. The average molecular weight is 254 g/mol. The van der Waals surface area contributed by atoms with Gasteiger partial charge in [0.15, 0.2) is 5.65 Å². The third-order valence-electron chi connectivity index (χ3n) is 3.16. The molecule has 0 aliphatic carbocycles. The fourth-order valence-electron chi connectivity index (χ4n) is 2.09. The Balaban J connectivity index is 1.92. The first kappa shape index (κ1) is 11.8. The number of benzene rings is 1. The maximum Gasteiger partial charge on any atom is 0.161 e. The number of nitrogens with zero attached hydrogens (tertiary/aromatic N) is 4. The van der Waals surface area contributed by atoms with Gasteiger partial charge in [-0.25, -0.2) is 14.6 Å². The van der Waals surface area contributed by atoms with Gasteiger partial charge in [0, 0.05) is 0 Å². The Morgan fingerprint density at radius 2 is 2.00 bits per heavy atom. The van der Waals surface area contributed by atoms with Gasteiger partial charge in [-0.05, 0) is 12.5 Å². The summed E-state index contributed by atoms with van der Waals surface area (Å²) in [6, 6.07) is 9.54. The summed E-state index contributed by atoms with van der Waals surface area (Å²) < 4.78 is 1.71. The van der Waals surface area contributed by atoms with Crippen LogP contribution >= 0.6 is 0 Å². The second-order valence-electron chi connectivity index (χ2n) is 4.45. The van der Waals surface area contributed by atoms with Crippen LogP contribution in [0.4, 0.5) is 0 Å². The van der Waals surface area contributed by atoms with E-state index in [-0.39, 0.29) is 0 Å². The van der Waals surface area contributed by atoms with Crippen LogP contribution in [0.25, 0.3) is 11.0 Å². The van der Waals surface area contributed by atoms with Crippen molar-refractivity contribution < 1.29 is 5.11 Å². The van der Waals surface area contributed by atoms with Crippen molar-refractivity contribution in [2.75, 3.05) is 0 Å². The van der Waals surface area contributed by atoms with E-state index in [0.29, 0.717) is 6.54 Å². The van der Waals surface area contributed by atoms with Gasteiger partial charge in [-0.15, -0.1) is 0 Å². The summed E-state index contributed by atoms with van der Waals surface area (Å²) in [5.41, 5.74) is 2.52. The molecule has 0 saturated heterocycles. The number of aromatic nitrogens is 4. The normalized spacial score (nSPS) is 12.7. The fraction of sp³-hybridized carbons (Fsp3) is 0.214. The summed E-state index contributed by atoms with van der Waals surface area (Å²) in [7, 11) is 0. The maximum absolute atomic E-state index is 10.2. The molecule has 0 amide bonds. The van der Waals surface area contributed by atoms with Gasteiger partial charge in [0.25, 0.3) is 0 Å². The van der Waals surface area contributed by atoms with Crippen LogP contribution in [-0.2, 0) is 6.54 Å². The molecule has 0 bridgehead atoms. The summed E-state index contributed by atoms with van der Waals surface area (Å²) in [6.45, 7) is 2.30. The number of aliphatic hydroxyl groups excluding tert-OH is 1. The summed E-state index contributed by atoms with van der Waals surface area (Å²) >= 11 is 0. The maximum atomic E-state index is 10.2. The zero-order chi connectivity index (χ0) is 13.2. The van der Waals surface area contributed by atoms with Gasteiger partial charge in [-0.2, -0.15) is 5.10 Å². The van der Waals surface area contributed by atoms with Gasteiger partial charge in [0.2, 0.25) is 0 Å². The van der Waals surface area contributed by atoms with Crippen molar-refractivity contribution in [2.24, 2.45) is 0 Å². The van der Waals surface area contributed by atoms with Crippen LogP contribution in [0, 0.1) is 6.92 Å². The molecule has 2 heterocycles. The largest absolute Gasteiger partial charge is 0.386 e. The molecular weight excluding hydrogens is 240 g/mol. The molecule has 0 fully saturated rings. The lowest BCUT2D eigenvalue weighted by molar-refractivity contribution is 0.153. The van der Waals surface area contributed by atoms with Crippen LogP contribution < -0.4 is 0 Å². The SMILES string of the molecule is Cc1ncnc2c1cnn2CC(O)c1ccccc1. The van der Waals surface area contributed by atoms with Crippen LogP contribution in [0.3, 0.4) is 0 Å². The molecule has 1 unspecified atom stereocenters. The van der Waals surface area contributed by atoms with Crippen molar-refractivity contribution in [3.63, 3.8) is 0 Å². The summed E-state index contributed by atoms with van der Waals surface area (Å²) in [5.74, 6) is 0. The van der Waals surface area contributed by atoms with E-state index < -0.39 is 6.10 Å². The molecule has 5 nitrogen and oxygen atoms in total. The van der Waals surface area contributed by atoms with Gasteiger partial charge in [0.1, 0.15) is 6.33 Å². The molecule has 96 valence electrons. The number of hydrogen-bond donors (Lipinski definition) is 1. The Kier molecular flexibility index (Phi) is 2.97. The monoisotopic (exact) mass is 254 g/mol. The minimum Gasteiger partial charge on any atom is -0.386 e. The Hall–Kier alpha value is -2.27. The number of rotatable bonds is 3. The van der Waals surface area contributed by atoms with Crippen molar-refractivity contribution in [2.45, 2.75) is 19.6 Å². The van der Waals surface area contributed by atoms with E-state index in [2.05, 4.69) is 15.1 Å². The van der Waals surface area contributed by atoms with Crippen LogP contribution in [-0.4, -0.2) is 24.9 Å². The minimum absolute atomic E-state index is 0.379. The number of aliphatic hydroxyl groups is 1. The molecular formula is C14H14N4O. The van der Waals surface area contributed by atoms with Crippen molar-refractivity contribution >= 4 is 11.0 Å². The first-order chi connectivity index (χ1) is 9.25. The van der Waals surface area contributed by atoms with Crippen molar-refractivity contribution in [3.8, 4) is 0 Å². The molecule has 0 spiro atoms. The molecule has 0 saturated carbocycles. The Bertz CT molecular complexity index is 693. The van der Waals surface area contributed by atoms with E-state index in [9.17, 15) is 5.11 Å². The number of aryl methyl sites for hydroxylation is 1. The molecule has 0 radical (unpaired) electrons. The fourth-order valence-corrected chi connectivity index (χ4v) is 2.09. The van der Waals surface area contributed by atoms with E-state index in [4.69, 9.17) is 0 Å². The molecule has 3 aromatic rings. The third-order valence-corrected chi connectivity index (χ3v) is 3.16.